The van der Waals surface area contributed by atoms with Crippen molar-refractivity contribution >= 4 is 29.2 Å². The molecule has 1 saturated heterocycles. The maximum atomic E-state index is 12.8. The number of hydrogen-bond acceptors (Lipinski definition) is 7. The van der Waals surface area contributed by atoms with Gasteiger partial charge in [0.15, 0.2) is 0 Å². The van der Waals surface area contributed by atoms with E-state index in [1.165, 1.54) is 0 Å². The van der Waals surface area contributed by atoms with Crippen molar-refractivity contribution in [2.45, 2.75) is 20.8 Å². The lowest BCUT2D eigenvalue weighted by Crippen LogP contribution is -2.50. The van der Waals surface area contributed by atoms with Gasteiger partial charge in [0.1, 0.15) is 29.0 Å². The SMILES string of the molecule is COc1ccc(NC(=O)N2CCN(c3cc(Nc4cc(C)ccn4)nc(C)n3)CC2)c(C)c1. The highest BCUT2D eigenvalue weighted by atomic mass is 16.5. The Kier molecular flexibility index (Phi) is 6.58. The van der Waals surface area contributed by atoms with E-state index in [1.54, 1.807) is 13.3 Å². The molecular weight excluding hydrogens is 418 g/mol. The van der Waals surface area contributed by atoms with Crippen LogP contribution in [0.4, 0.5) is 27.9 Å². The van der Waals surface area contributed by atoms with Crippen LogP contribution in [0.5, 0.6) is 5.75 Å². The van der Waals surface area contributed by atoms with Crippen molar-refractivity contribution in [3.8, 4) is 5.75 Å². The van der Waals surface area contributed by atoms with Gasteiger partial charge in [-0.25, -0.2) is 19.7 Å². The van der Waals surface area contributed by atoms with Crippen molar-refractivity contribution in [2.75, 3.05) is 48.8 Å². The zero-order valence-electron chi connectivity index (χ0n) is 19.4. The average Bonchev–Trinajstić information content (AvgIpc) is 2.80. The second-order valence-corrected chi connectivity index (χ2v) is 8.09. The molecule has 9 nitrogen and oxygen atoms in total. The lowest BCUT2D eigenvalue weighted by atomic mass is 10.2. The molecule has 0 unspecified atom stereocenters. The van der Waals surface area contributed by atoms with Crippen molar-refractivity contribution in [3.05, 3.63) is 59.5 Å². The van der Waals surface area contributed by atoms with E-state index in [1.807, 2.05) is 62.1 Å². The maximum Gasteiger partial charge on any atom is 0.321 e. The van der Waals surface area contributed by atoms with Crippen molar-refractivity contribution in [1.82, 2.24) is 19.9 Å². The average molecular weight is 448 g/mol. The molecule has 0 aliphatic carbocycles. The summed E-state index contributed by atoms with van der Waals surface area (Å²) in [5, 5.41) is 6.27. The fourth-order valence-corrected chi connectivity index (χ4v) is 3.75. The van der Waals surface area contributed by atoms with Crippen LogP contribution in [0, 0.1) is 20.8 Å². The molecule has 33 heavy (non-hydrogen) atoms. The number of ether oxygens (including phenoxy) is 1. The molecule has 2 amide bonds. The molecule has 4 rings (SSSR count). The minimum atomic E-state index is -0.102. The highest BCUT2D eigenvalue weighted by molar-refractivity contribution is 5.90. The van der Waals surface area contributed by atoms with Gasteiger partial charge in [-0.05, 0) is 62.2 Å². The molecule has 2 aromatic heterocycles. The van der Waals surface area contributed by atoms with Gasteiger partial charge in [0.05, 0.1) is 7.11 Å². The van der Waals surface area contributed by atoms with Gasteiger partial charge in [-0.1, -0.05) is 0 Å². The van der Waals surface area contributed by atoms with Crippen LogP contribution in [0.15, 0.2) is 42.6 Å². The number of urea groups is 1. The molecule has 2 N–H and O–H groups in total. The number of carbonyl (C=O) groups is 1. The molecule has 0 atom stereocenters. The van der Waals surface area contributed by atoms with E-state index < -0.39 is 0 Å². The summed E-state index contributed by atoms with van der Waals surface area (Å²) in [5.41, 5.74) is 2.87. The molecule has 0 radical (unpaired) electrons. The largest absolute Gasteiger partial charge is 0.497 e. The summed E-state index contributed by atoms with van der Waals surface area (Å²) < 4.78 is 5.23. The summed E-state index contributed by atoms with van der Waals surface area (Å²) in [6, 6.07) is 11.4. The fourth-order valence-electron chi connectivity index (χ4n) is 3.75. The van der Waals surface area contributed by atoms with Crippen molar-refractivity contribution in [1.29, 1.82) is 0 Å². The monoisotopic (exact) mass is 447 g/mol. The lowest BCUT2D eigenvalue weighted by molar-refractivity contribution is 0.208. The summed E-state index contributed by atoms with van der Waals surface area (Å²) >= 11 is 0. The minimum Gasteiger partial charge on any atom is -0.497 e. The summed E-state index contributed by atoms with van der Waals surface area (Å²) in [6.07, 6.45) is 1.77. The van der Waals surface area contributed by atoms with Crippen LogP contribution in [-0.2, 0) is 0 Å². The number of pyridine rings is 1. The topological polar surface area (TPSA) is 95.5 Å². The highest BCUT2D eigenvalue weighted by Gasteiger charge is 2.23. The number of piperazine rings is 1. The first kappa shape index (κ1) is 22.3. The molecule has 0 spiro atoms. The summed E-state index contributed by atoms with van der Waals surface area (Å²) in [7, 11) is 1.63. The number of benzene rings is 1. The highest BCUT2D eigenvalue weighted by Crippen LogP contribution is 2.23. The molecule has 1 aromatic carbocycles. The molecule has 1 fully saturated rings. The second kappa shape index (κ2) is 9.72. The Labute approximate surface area is 193 Å². The minimum absolute atomic E-state index is 0.102. The first-order valence-corrected chi connectivity index (χ1v) is 10.9. The third-order valence-electron chi connectivity index (χ3n) is 5.56. The van der Waals surface area contributed by atoms with Crippen LogP contribution in [0.3, 0.4) is 0 Å². The Bertz CT molecular complexity index is 1140. The van der Waals surface area contributed by atoms with E-state index in [-0.39, 0.29) is 6.03 Å². The van der Waals surface area contributed by atoms with Crippen LogP contribution >= 0.6 is 0 Å². The Morgan fingerprint density at radius 2 is 1.76 bits per heavy atom. The van der Waals surface area contributed by atoms with Gasteiger partial charge < -0.3 is 25.2 Å². The first-order valence-electron chi connectivity index (χ1n) is 10.9. The number of methoxy groups -OCH3 is 1. The van der Waals surface area contributed by atoms with E-state index in [0.29, 0.717) is 37.8 Å². The number of aryl methyl sites for hydroxylation is 3. The van der Waals surface area contributed by atoms with E-state index in [0.717, 1.165) is 34.2 Å². The molecule has 1 aliphatic rings. The van der Waals surface area contributed by atoms with Gasteiger partial charge in [-0.3, -0.25) is 0 Å². The Morgan fingerprint density at radius 1 is 0.970 bits per heavy atom. The molecule has 9 heteroatoms. The van der Waals surface area contributed by atoms with Crippen molar-refractivity contribution < 1.29 is 9.53 Å². The molecule has 0 bridgehead atoms. The van der Waals surface area contributed by atoms with Gasteiger partial charge >= 0.3 is 6.03 Å². The molecule has 3 aromatic rings. The van der Waals surface area contributed by atoms with Crippen molar-refractivity contribution in [3.63, 3.8) is 0 Å². The third-order valence-corrected chi connectivity index (χ3v) is 5.56. The number of nitrogens with one attached hydrogen (secondary N) is 2. The number of amides is 2. The Hall–Kier alpha value is -3.88. The van der Waals surface area contributed by atoms with Crippen LogP contribution in [0.1, 0.15) is 17.0 Å². The summed E-state index contributed by atoms with van der Waals surface area (Å²) in [5.74, 6) is 3.73. The smallest absolute Gasteiger partial charge is 0.321 e. The fraction of sp³-hybridized carbons (Fsp3) is 0.333. The van der Waals surface area contributed by atoms with E-state index in [4.69, 9.17) is 4.74 Å². The van der Waals surface area contributed by atoms with Gasteiger partial charge in [0.25, 0.3) is 0 Å². The predicted molar refractivity (Wildman–Crippen MR) is 130 cm³/mol. The lowest BCUT2D eigenvalue weighted by Gasteiger charge is -2.35. The normalized spacial score (nSPS) is 13.6. The van der Waals surface area contributed by atoms with Gasteiger partial charge in [0.2, 0.25) is 0 Å². The predicted octanol–water partition coefficient (Wildman–Crippen LogP) is 3.90. The molecule has 3 heterocycles. The third kappa shape index (κ3) is 5.49. The molecular formula is C24H29N7O2. The zero-order valence-corrected chi connectivity index (χ0v) is 19.4. The van der Waals surface area contributed by atoms with Gasteiger partial charge in [-0.2, -0.15) is 0 Å². The van der Waals surface area contributed by atoms with Crippen LogP contribution in [0.2, 0.25) is 0 Å². The van der Waals surface area contributed by atoms with Gasteiger partial charge in [0, 0.05) is 44.1 Å². The standard InChI is InChI=1S/C24H29N7O2/c1-16-7-8-25-21(13-16)29-22-15-23(27-18(3)26-22)30-9-11-31(12-10-30)24(32)28-20-6-5-19(33-4)14-17(20)2/h5-8,13-15H,9-12H2,1-4H3,(H,28,32)(H,25,26,27,29). The Balaban J connectivity index is 1.38. The van der Waals surface area contributed by atoms with Crippen LogP contribution in [-0.4, -0.2) is 59.2 Å². The quantitative estimate of drug-likeness (QED) is 0.612. The maximum absolute atomic E-state index is 12.8. The summed E-state index contributed by atoms with van der Waals surface area (Å²) in [6.45, 7) is 8.43. The second-order valence-electron chi connectivity index (χ2n) is 8.09. The number of rotatable bonds is 5. The van der Waals surface area contributed by atoms with E-state index >= 15 is 0 Å². The first-order chi connectivity index (χ1) is 15.9. The molecule has 1 aliphatic heterocycles. The number of nitrogens with zero attached hydrogens (tertiary/aromatic N) is 5. The van der Waals surface area contributed by atoms with E-state index in [2.05, 4.69) is 30.5 Å². The number of aromatic nitrogens is 3. The Morgan fingerprint density at radius 3 is 2.45 bits per heavy atom. The van der Waals surface area contributed by atoms with Crippen molar-refractivity contribution in [2.24, 2.45) is 0 Å². The van der Waals surface area contributed by atoms with E-state index in [9.17, 15) is 4.79 Å². The number of carbonyl (C=O) groups excluding carboxylic acids is 1. The number of hydrogen-bond donors (Lipinski definition) is 2. The van der Waals surface area contributed by atoms with Gasteiger partial charge in [-0.15, -0.1) is 0 Å². The molecule has 0 saturated carbocycles. The summed E-state index contributed by atoms with van der Waals surface area (Å²) in [4.78, 5) is 30.2. The van der Waals surface area contributed by atoms with Crippen LogP contribution in [0.25, 0.3) is 0 Å². The number of anilines is 4. The van der Waals surface area contributed by atoms with Crippen LogP contribution < -0.4 is 20.3 Å². The molecule has 172 valence electrons. The zero-order chi connectivity index (χ0) is 23.4.